The number of hydrogen-bond acceptors (Lipinski definition) is 3. The first-order chi connectivity index (χ1) is 16.5. The highest BCUT2D eigenvalue weighted by Gasteiger charge is 2.13. The Morgan fingerprint density at radius 1 is 0.941 bits per heavy atom. The van der Waals surface area contributed by atoms with E-state index in [4.69, 9.17) is 32.7 Å². The molecule has 0 aliphatic carbocycles. The number of rotatable bonds is 7. The summed E-state index contributed by atoms with van der Waals surface area (Å²) in [6.07, 6.45) is 1.87. The first-order valence-corrected chi connectivity index (χ1v) is 12.5. The van der Waals surface area contributed by atoms with Gasteiger partial charge in [0.25, 0.3) is 0 Å². The molecule has 0 aromatic heterocycles. The van der Waals surface area contributed by atoms with Crippen molar-refractivity contribution in [1.82, 2.24) is 0 Å². The molecule has 0 unspecified atom stereocenters. The molecule has 4 aromatic rings. The highest BCUT2D eigenvalue weighted by atomic mass is 127. The van der Waals surface area contributed by atoms with Gasteiger partial charge in [0.2, 0.25) is 0 Å². The van der Waals surface area contributed by atoms with E-state index in [1.165, 1.54) is 0 Å². The molecule has 0 heterocycles. The van der Waals surface area contributed by atoms with Crippen LogP contribution in [-0.4, -0.2) is 6.61 Å². The fourth-order valence-electron chi connectivity index (χ4n) is 3.56. The van der Waals surface area contributed by atoms with Crippen LogP contribution in [0.2, 0.25) is 10.0 Å². The van der Waals surface area contributed by atoms with Gasteiger partial charge in [-0.15, -0.1) is 0 Å². The van der Waals surface area contributed by atoms with Crippen LogP contribution in [-0.2, 0) is 6.61 Å². The molecule has 0 saturated heterocycles. The van der Waals surface area contributed by atoms with Gasteiger partial charge in [0, 0.05) is 0 Å². The molecule has 3 nitrogen and oxygen atoms in total. The van der Waals surface area contributed by atoms with Crippen molar-refractivity contribution in [2.75, 3.05) is 6.61 Å². The highest BCUT2D eigenvalue weighted by Crippen LogP contribution is 2.36. The van der Waals surface area contributed by atoms with Crippen molar-refractivity contribution in [3.05, 3.63) is 103 Å². The standard InChI is InChI=1S/C28H20Cl2INO2/c1-2-33-27-14-19(11-23(16-32)22-9-8-20-5-3-4-6-21(20)15-22)13-26(31)28(27)34-17-18-7-10-24(29)25(30)12-18/h3-15H,2,17H2,1H3/b23-11-. The van der Waals surface area contributed by atoms with Crippen LogP contribution in [0.5, 0.6) is 11.5 Å². The van der Waals surface area contributed by atoms with Crippen LogP contribution in [0.25, 0.3) is 22.4 Å². The summed E-state index contributed by atoms with van der Waals surface area (Å²) in [5.41, 5.74) is 3.21. The van der Waals surface area contributed by atoms with Crippen LogP contribution >= 0.6 is 45.8 Å². The fourth-order valence-corrected chi connectivity index (χ4v) is 4.66. The van der Waals surface area contributed by atoms with Gasteiger partial charge in [-0.2, -0.15) is 5.26 Å². The van der Waals surface area contributed by atoms with Gasteiger partial charge in [0.1, 0.15) is 6.61 Å². The van der Waals surface area contributed by atoms with Crippen molar-refractivity contribution in [3.63, 3.8) is 0 Å². The van der Waals surface area contributed by atoms with Gasteiger partial charge in [-0.05, 0) is 93.4 Å². The van der Waals surface area contributed by atoms with Crippen molar-refractivity contribution in [2.24, 2.45) is 0 Å². The van der Waals surface area contributed by atoms with Crippen molar-refractivity contribution in [3.8, 4) is 17.6 Å². The van der Waals surface area contributed by atoms with E-state index in [1.807, 2.05) is 67.6 Å². The predicted molar refractivity (Wildman–Crippen MR) is 149 cm³/mol. The van der Waals surface area contributed by atoms with E-state index < -0.39 is 0 Å². The van der Waals surface area contributed by atoms with Crippen LogP contribution in [0.4, 0.5) is 0 Å². The van der Waals surface area contributed by atoms with Gasteiger partial charge in [0.05, 0.1) is 31.9 Å². The lowest BCUT2D eigenvalue weighted by Gasteiger charge is -2.15. The average Bonchev–Trinajstić information content (AvgIpc) is 2.84. The minimum atomic E-state index is 0.322. The Morgan fingerprint density at radius 3 is 2.47 bits per heavy atom. The minimum Gasteiger partial charge on any atom is -0.490 e. The van der Waals surface area contributed by atoms with E-state index in [1.54, 1.807) is 12.1 Å². The van der Waals surface area contributed by atoms with E-state index in [0.717, 1.165) is 31.0 Å². The Hall–Kier alpha value is -2.72. The summed E-state index contributed by atoms with van der Waals surface area (Å²) >= 11 is 14.4. The molecular formula is C28H20Cl2INO2. The number of ether oxygens (including phenoxy) is 2. The summed E-state index contributed by atoms with van der Waals surface area (Å²) in [6, 6.07) is 25.8. The smallest absolute Gasteiger partial charge is 0.175 e. The Morgan fingerprint density at radius 2 is 1.74 bits per heavy atom. The maximum atomic E-state index is 9.87. The number of hydrogen-bond donors (Lipinski definition) is 0. The molecule has 6 heteroatoms. The molecule has 0 saturated carbocycles. The molecule has 0 atom stereocenters. The van der Waals surface area contributed by atoms with E-state index in [9.17, 15) is 5.26 Å². The van der Waals surface area contributed by atoms with Crippen molar-refractivity contribution < 1.29 is 9.47 Å². The number of benzene rings is 4. The molecule has 34 heavy (non-hydrogen) atoms. The summed E-state index contributed by atoms with van der Waals surface area (Å²) in [6.45, 7) is 2.73. The molecule has 4 aromatic carbocycles. The molecule has 170 valence electrons. The zero-order chi connectivity index (χ0) is 24.1. The van der Waals surface area contributed by atoms with Gasteiger partial charge >= 0.3 is 0 Å². The monoisotopic (exact) mass is 599 g/mol. The SMILES string of the molecule is CCOc1cc(/C=C(/C#N)c2ccc3ccccc3c2)cc(I)c1OCc1ccc(Cl)c(Cl)c1. The summed E-state index contributed by atoms with van der Waals surface area (Å²) in [5.74, 6) is 1.27. The first-order valence-electron chi connectivity index (χ1n) is 10.6. The molecule has 0 N–H and O–H groups in total. The zero-order valence-electron chi connectivity index (χ0n) is 18.3. The lowest BCUT2D eigenvalue weighted by molar-refractivity contribution is 0.267. The Labute approximate surface area is 222 Å². The number of halogens is 3. The average molecular weight is 600 g/mol. The number of allylic oxidation sites excluding steroid dienone is 1. The van der Waals surface area contributed by atoms with E-state index in [0.29, 0.717) is 40.3 Å². The van der Waals surface area contributed by atoms with Crippen LogP contribution < -0.4 is 9.47 Å². The quantitative estimate of drug-likeness (QED) is 0.121. The van der Waals surface area contributed by atoms with E-state index >= 15 is 0 Å². The van der Waals surface area contributed by atoms with Crippen LogP contribution in [0.3, 0.4) is 0 Å². The summed E-state index contributed by atoms with van der Waals surface area (Å²) < 4.78 is 12.9. The third-order valence-corrected chi connectivity index (χ3v) is 6.73. The molecule has 4 rings (SSSR count). The molecule has 0 fully saturated rings. The maximum absolute atomic E-state index is 9.87. The van der Waals surface area contributed by atoms with Crippen molar-refractivity contribution in [2.45, 2.75) is 13.5 Å². The third kappa shape index (κ3) is 5.67. The van der Waals surface area contributed by atoms with Crippen molar-refractivity contribution in [1.29, 1.82) is 5.26 Å². The Kier molecular flexibility index (Phi) is 7.99. The number of nitrogens with zero attached hydrogens (tertiary/aromatic N) is 1. The summed E-state index contributed by atoms with van der Waals surface area (Å²) in [4.78, 5) is 0. The van der Waals surface area contributed by atoms with Crippen molar-refractivity contribution >= 4 is 68.2 Å². The largest absolute Gasteiger partial charge is 0.490 e. The molecule has 0 radical (unpaired) electrons. The second kappa shape index (κ2) is 11.1. The zero-order valence-corrected chi connectivity index (χ0v) is 22.0. The van der Waals surface area contributed by atoms with Gasteiger partial charge in [-0.3, -0.25) is 0 Å². The van der Waals surface area contributed by atoms with Gasteiger partial charge in [-0.25, -0.2) is 0 Å². The topological polar surface area (TPSA) is 42.2 Å². The maximum Gasteiger partial charge on any atom is 0.175 e. The second-order valence-electron chi connectivity index (χ2n) is 7.53. The van der Waals surface area contributed by atoms with Gasteiger partial charge in [-0.1, -0.05) is 65.7 Å². The predicted octanol–water partition coefficient (Wildman–Crippen LogP) is 8.79. The van der Waals surface area contributed by atoms with Gasteiger partial charge < -0.3 is 9.47 Å². The first kappa shape index (κ1) is 24.4. The highest BCUT2D eigenvalue weighted by molar-refractivity contribution is 14.1. The normalized spacial score (nSPS) is 11.3. The second-order valence-corrected chi connectivity index (χ2v) is 9.51. The Bertz CT molecular complexity index is 1430. The molecule has 0 amide bonds. The van der Waals surface area contributed by atoms with Gasteiger partial charge in [0.15, 0.2) is 11.5 Å². The van der Waals surface area contributed by atoms with E-state index in [2.05, 4.69) is 34.7 Å². The molecule has 0 aliphatic heterocycles. The molecule has 0 aliphatic rings. The number of nitriles is 1. The lowest BCUT2D eigenvalue weighted by atomic mass is 10.00. The van der Waals surface area contributed by atoms with Crippen LogP contribution in [0.1, 0.15) is 23.6 Å². The number of fused-ring (bicyclic) bond motifs is 1. The lowest BCUT2D eigenvalue weighted by Crippen LogP contribution is -2.02. The molecule has 0 spiro atoms. The van der Waals surface area contributed by atoms with Crippen LogP contribution in [0, 0.1) is 14.9 Å². The Balaban J connectivity index is 1.65. The molecule has 0 bridgehead atoms. The minimum absolute atomic E-state index is 0.322. The van der Waals surface area contributed by atoms with E-state index in [-0.39, 0.29) is 0 Å². The summed E-state index contributed by atoms with van der Waals surface area (Å²) in [7, 11) is 0. The molecular weight excluding hydrogens is 580 g/mol. The summed E-state index contributed by atoms with van der Waals surface area (Å²) in [5, 5.41) is 13.1. The third-order valence-electron chi connectivity index (χ3n) is 5.19. The fraction of sp³-hybridized carbons (Fsp3) is 0.107. The van der Waals surface area contributed by atoms with Crippen LogP contribution in [0.15, 0.2) is 72.8 Å².